The van der Waals surface area contributed by atoms with Gasteiger partial charge in [0.05, 0.1) is 16.7 Å². The van der Waals surface area contributed by atoms with Crippen molar-refractivity contribution in [1.82, 2.24) is 0 Å². The summed E-state index contributed by atoms with van der Waals surface area (Å²) in [5, 5.41) is -1.09. The molecule has 0 nitrogen and oxygen atoms in total. The summed E-state index contributed by atoms with van der Waals surface area (Å²) in [5.41, 5.74) is -4.12. The zero-order valence-electron chi connectivity index (χ0n) is 20.4. The van der Waals surface area contributed by atoms with E-state index in [0.29, 0.717) is 12.1 Å². The standard InChI is InChI=1S/C25H15F9.C3H8/c1-4-12-13-5-9-17(24(29,30)31)22-18(25(32,33)34)10-7-15(21(13)22)14-6-8-16(23(26,27)28)19(11(2)3)20(12)14;1-3-2/h4-10H,2H2,1,3H3;3H2,1-2H3/b12-4-;. The molecule has 0 N–H and O–H groups in total. The number of allylic oxidation sites excluding steroid dienone is 1. The number of rotatable bonds is 1. The molecule has 0 unspecified atom stereocenters. The predicted molar refractivity (Wildman–Crippen MR) is 130 cm³/mol. The number of fused-ring (bicyclic) bond motifs is 2. The second-order valence-corrected chi connectivity index (χ2v) is 8.67. The number of benzene rings is 4. The maximum absolute atomic E-state index is 13.8. The van der Waals surface area contributed by atoms with Gasteiger partial charge in [0.2, 0.25) is 0 Å². The summed E-state index contributed by atoms with van der Waals surface area (Å²) in [5.74, 6) is 0. The lowest BCUT2D eigenvalue weighted by Crippen LogP contribution is -2.16. The Hall–Kier alpha value is -3.23. The van der Waals surface area contributed by atoms with E-state index in [2.05, 4.69) is 20.4 Å². The molecule has 0 saturated heterocycles. The Kier molecular flexibility index (Phi) is 7.34. The van der Waals surface area contributed by atoms with Crippen LogP contribution in [0.2, 0.25) is 0 Å². The summed E-state index contributed by atoms with van der Waals surface area (Å²) in [4.78, 5) is 0. The molecule has 37 heavy (non-hydrogen) atoms. The highest BCUT2D eigenvalue weighted by atomic mass is 19.4. The fourth-order valence-corrected chi connectivity index (χ4v) is 4.64. The van der Waals surface area contributed by atoms with Crippen molar-refractivity contribution >= 4 is 44.0 Å². The van der Waals surface area contributed by atoms with E-state index < -0.39 is 40.6 Å². The van der Waals surface area contributed by atoms with Crippen molar-refractivity contribution in [3.05, 3.63) is 70.4 Å². The molecular weight excluding hydrogens is 507 g/mol. The summed E-state index contributed by atoms with van der Waals surface area (Å²) < 4.78 is 124. The van der Waals surface area contributed by atoms with Gasteiger partial charge in [0.1, 0.15) is 0 Å². The molecule has 9 heteroatoms. The van der Waals surface area contributed by atoms with E-state index in [1.807, 2.05) is 0 Å². The van der Waals surface area contributed by atoms with Crippen molar-refractivity contribution in [2.24, 2.45) is 0 Å². The molecule has 4 rings (SSSR count). The lowest BCUT2D eigenvalue weighted by molar-refractivity contribution is -0.140. The van der Waals surface area contributed by atoms with Gasteiger partial charge in [-0.25, -0.2) is 0 Å². The smallest absolute Gasteiger partial charge is 0.166 e. The minimum Gasteiger partial charge on any atom is -0.166 e. The Morgan fingerprint density at radius 2 is 1.03 bits per heavy atom. The van der Waals surface area contributed by atoms with Gasteiger partial charge in [-0.3, -0.25) is 0 Å². The highest BCUT2D eigenvalue weighted by Gasteiger charge is 2.40. The molecule has 0 saturated carbocycles. The molecule has 0 amide bonds. The van der Waals surface area contributed by atoms with Crippen LogP contribution < -0.4 is 5.22 Å². The van der Waals surface area contributed by atoms with Gasteiger partial charge in [-0.1, -0.05) is 51.1 Å². The van der Waals surface area contributed by atoms with Gasteiger partial charge in [0, 0.05) is 5.39 Å². The summed E-state index contributed by atoms with van der Waals surface area (Å²) in [7, 11) is 0. The fraction of sp³-hybridized carbons (Fsp3) is 0.286. The molecule has 0 spiro atoms. The van der Waals surface area contributed by atoms with E-state index in [1.54, 1.807) is 0 Å². The van der Waals surface area contributed by atoms with Crippen molar-refractivity contribution in [3.8, 4) is 0 Å². The molecule has 0 aliphatic rings. The molecular formula is C28H23F9. The van der Waals surface area contributed by atoms with Crippen LogP contribution in [0.15, 0.2) is 43.0 Å². The summed E-state index contributed by atoms with van der Waals surface area (Å²) >= 11 is 0. The van der Waals surface area contributed by atoms with Gasteiger partial charge in [0.25, 0.3) is 0 Å². The summed E-state index contributed by atoms with van der Waals surface area (Å²) in [6, 6.07) is 4.96. The van der Waals surface area contributed by atoms with E-state index in [9.17, 15) is 39.5 Å². The molecule has 0 aliphatic carbocycles. The van der Waals surface area contributed by atoms with E-state index in [1.165, 1.54) is 26.3 Å². The van der Waals surface area contributed by atoms with Crippen molar-refractivity contribution < 1.29 is 39.5 Å². The summed E-state index contributed by atoms with van der Waals surface area (Å²) in [6.45, 7) is 10.7. The van der Waals surface area contributed by atoms with Crippen LogP contribution in [-0.2, 0) is 18.5 Å². The third-order valence-corrected chi connectivity index (χ3v) is 5.85. The predicted octanol–water partition coefficient (Wildman–Crippen LogP) is 10.2. The first-order chi connectivity index (χ1) is 17.0. The van der Waals surface area contributed by atoms with Crippen LogP contribution in [0.1, 0.15) is 56.4 Å². The molecule has 198 valence electrons. The van der Waals surface area contributed by atoms with Crippen LogP contribution in [0.4, 0.5) is 39.5 Å². The summed E-state index contributed by atoms with van der Waals surface area (Å²) in [6.07, 6.45) is -12.3. The molecule has 0 bridgehead atoms. The topological polar surface area (TPSA) is 0 Å². The molecule has 4 aromatic rings. The monoisotopic (exact) mass is 530 g/mol. The Morgan fingerprint density at radius 3 is 1.41 bits per heavy atom. The Labute approximate surface area is 207 Å². The molecule has 0 fully saturated rings. The second kappa shape index (κ2) is 9.58. The maximum Gasteiger partial charge on any atom is 0.417 e. The first-order valence-corrected chi connectivity index (χ1v) is 11.3. The van der Waals surface area contributed by atoms with E-state index in [-0.39, 0.29) is 43.3 Å². The second-order valence-electron chi connectivity index (χ2n) is 8.67. The zero-order valence-corrected chi connectivity index (χ0v) is 20.4. The van der Waals surface area contributed by atoms with E-state index in [4.69, 9.17) is 0 Å². The van der Waals surface area contributed by atoms with Crippen molar-refractivity contribution in [1.29, 1.82) is 0 Å². The largest absolute Gasteiger partial charge is 0.417 e. The van der Waals surface area contributed by atoms with Crippen LogP contribution in [-0.4, -0.2) is 0 Å². The minimum absolute atomic E-state index is 0.0130. The number of halogens is 9. The maximum atomic E-state index is 13.8. The van der Waals surface area contributed by atoms with Gasteiger partial charge >= 0.3 is 18.5 Å². The lowest BCUT2D eigenvalue weighted by Gasteiger charge is -2.22. The molecule has 0 radical (unpaired) electrons. The van der Waals surface area contributed by atoms with Gasteiger partial charge < -0.3 is 0 Å². The number of hydrogen-bond donors (Lipinski definition) is 0. The fourth-order valence-electron chi connectivity index (χ4n) is 4.64. The van der Waals surface area contributed by atoms with Crippen molar-refractivity contribution in [2.45, 2.75) is 52.6 Å². The average molecular weight is 530 g/mol. The first kappa shape index (κ1) is 28.3. The Bertz CT molecular complexity index is 1530. The Morgan fingerprint density at radius 1 is 0.649 bits per heavy atom. The number of alkyl halides is 9. The van der Waals surface area contributed by atoms with Crippen LogP contribution >= 0.6 is 0 Å². The third kappa shape index (κ3) is 4.88. The molecule has 0 heterocycles. The van der Waals surface area contributed by atoms with Gasteiger partial charge in [-0.05, 0) is 75.3 Å². The highest BCUT2D eigenvalue weighted by molar-refractivity contribution is 6.24. The van der Waals surface area contributed by atoms with Gasteiger partial charge in [-0.2, -0.15) is 39.5 Å². The van der Waals surface area contributed by atoms with Crippen LogP contribution in [0, 0.1) is 0 Å². The number of hydrogen-bond acceptors (Lipinski definition) is 0. The average Bonchev–Trinajstić information content (AvgIpc) is 2.76. The Balaban J connectivity index is 0.00000121. The lowest BCUT2D eigenvalue weighted by atomic mass is 9.84. The highest BCUT2D eigenvalue weighted by Crippen LogP contribution is 2.47. The molecule has 0 atom stereocenters. The normalized spacial score (nSPS) is 13.4. The van der Waals surface area contributed by atoms with Crippen LogP contribution in [0.25, 0.3) is 44.0 Å². The molecule has 0 aliphatic heterocycles. The van der Waals surface area contributed by atoms with Gasteiger partial charge in [0.15, 0.2) is 0 Å². The van der Waals surface area contributed by atoms with E-state index in [0.717, 1.165) is 24.3 Å². The van der Waals surface area contributed by atoms with Gasteiger partial charge in [-0.15, -0.1) is 0 Å². The minimum atomic E-state index is -5.09. The first-order valence-electron chi connectivity index (χ1n) is 11.3. The zero-order chi connectivity index (χ0) is 28.1. The third-order valence-electron chi connectivity index (χ3n) is 5.85. The molecule has 4 aromatic carbocycles. The van der Waals surface area contributed by atoms with Crippen molar-refractivity contribution in [3.63, 3.8) is 0 Å². The molecule has 0 aromatic heterocycles. The van der Waals surface area contributed by atoms with Crippen LogP contribution in [0.3, 0.4) is 0 Å². The quantitative estimate of drug-likeness (QED) is 0.131. The van der Waals surface area contributed by atoms with Crippen molar-refractivity contribution in [2.75, 3.05) is 0 Å². The van der Waals surface area contributed by atoms with Crippen LogP contribution in [0.5, 0.6) is 0 Å². The van der Waals surface area contributed by atoms with E-state index >= 15 is 0 Å². The SMILES string of the molecule is C=C(C)c1c(C(F)(F)F)ccc2c1/c(=C\C)c1ccc(C(F)(F)F)c3c(C(F)(F)F)ccc2c31.CCC.